The molecule has 112 valence electrons. The van der Waals surface area contributed by atoms with Gasteiger partial charge in [0, 0.05) is 23.4 Å². The van der Waals surface area contributed by atoms with Crippen molar-refractivity contribution in [2.24, 2.45) is 0 Å². The van der Waals surface area contributed by atoms with E-state index >= 15 is 0 Å². The molecule has 4 nitrogen and oxygen atoms in total. The molecule has 0 spiro atoms. The molecule has 0 aliphatic carbocycles. The van der Waals surface area contributed by atoms with E-state index in [1.807, 2.05) is 32.9 Å². The molecule has 1 heterocycles. The first-order chi connectivity index (χ1) is 9.97. The van der Waals surface area contributed by atoms with Crippen LogP contribution in [0.4, 0.5) is 5.82 Å². The molecular formula is C17H23N3O. The van der Waals surface area contributed by atoms with E-state index < -0.39 is 0 Å². The number of aromatic hydroxyl groups is 1. The van der Waals surface area contributed by atoms with Gasteiger partial charge in [0.05, 0.1) is 0 Å². The third-order valence-corrected chi connectivity index (χ3v) is 3.66. The summed E-state index contributed by atoms with van der Waals surface area (Å²) in [5, 5.41) is 13.2. The van der Waals surface area contributed by atoms with Gasteiger partial charge in [0.25, 0.3) is 0 Å². The number of anilines is 1. The molecule has 0 saturated carbocycles. The Labute approximate surface area is 126 Å². The zero-order chi connectivity index (χ0) is 15.6. The fourth-order valence-corrected chi connectivity index (χ4v) is 2.55. The summed E-state index contributed by atoms with van der Waals surface area (Å²) < 4.78 is 0. The van der Waals surface area contributed by atoms with Gasteiger partial charge in [0.15, 0.2) is 5.82 Å². The van der Waals surface area contributed by atoms with E-state index in [0.29, 0.717) is 11.6 Å². The Bertz CT molecular complexity index is 642. The predicted octanol–water partition coefficient (Wildman–Crippen LogP) is 3.77. The van der Waals surface area contributed by atoms with Crippen LogP contribution in [0.1, 0.15) is 36.2 Å². The first-order valence-electron chi connectivity index (χ1n) is 7.39. The highest BCUT2D eigenvalue weighted by atomic mass is 16.3. The predicted molar refractivity (Wildman–Crippen MR) is 86.9 cm³/mol. The highest BCUT2D eigenvalue weighted by Gasteiger charge is 2.13. The van der Waals surface area contributed by atoms with Crippen molar-refractivity contribution < 1.29 is 5.11 Å². The molecule has 21 heavy (non-hydrogen) atoms. The number of hydrogen-bond acceptors (Lipinski definition) is 4. The molecule has 0 atom stereocenters. The first kappa shape index (κ1) is 15.3. The molecule has 0 amide bonds. The van der Waals surface area contributed by atoms with Gasteiger partial charge < -0.3 is 10.4 Å². The average molecular weight is 285 g/mol. The van der Waals surface area contributed by atoms with Gasteiger partial charge in [-0.3, -0.25) is 0 Å². The number of phenols is 1. The van der Waals surface area contributed by atoms with E-state index in [-0.39, 0.29) is 0 Å². The van der Waals surface area contributed by atoms with Crippen LogP contribution in [-0.4, -0.2) is 21.6 Å². The number of aryl methyl sites for hydroxylation is 3. The largest absolute Gasteiger partial charge is 0.507 e. The minimum absolute atomic E-state index is 0.340. The number of nitrogens with one attached hydrogen (secondary N) is 1. The summed E-state index contributed by atoms with van der Waals surface area (Å²) >= 11 is 0. The van der Waals surface area contributed by atoms with Gasteiger partial charge in [-0.2, -0.15) is 0 Å². The molecule has 2 N–H and O–H groups in total. The van der Waals surface area contributed by atoms with Gasteiger partial charge in [0.1, 0.15) is 11.6 Å². The van der Waals surface area contributed by atoms with E-state index in [2.05, 4.69) is 29.1 Å². The van der Waals surface area contributed by atoms with Gasteiger partial charge in [-0.25, -0.2) is 9.97 Å². The third kappa shape index (κ3) is 2.99. The van der Waals surface area contributed by atoms with Crippen LogP contribution in [0.3, 0.4) is 0 Å². The Kier molecular flexibility index (Phi) is 4.46. The van der Waals surface area contributed by atoms with Crippen molar-refractivity contribution in [2.75, 3.05) is 11.9 Å². The number of aromatic nitrogens is 2. The number of benzene rings is 1. The fraction of sp³-hybridized carbons (Fsp3) is 0.412. The molecule has 0 fully saturated rings. The van der Waals surface area contributed by atoms with E-state index in [4.69, 9.17) is 0 Å². The zero-order valence-corrected chi connectivity index (χ0v) is 13.4. The summed E-state index contributed by atoms with van der Waals surface area (Å²) in [6.45, 7) is 10.8. The lowest BCUT2D eigenvalue weighted by Crippen LogP contribution is -2.08. The van der Waals surface area contributed by atoms with E-state index in [1.54, 1.807) is 0 Å². The fourth-order valence-electron chi connectivity index (χ4n) is 2.55. The van der Waals surface area contributed by atoms with Crippen LogP contribution in [0.15, 0.2) is 12.1 Å². The molecule has 0 aliphatic heterocycles. The van der Waals surface area contributed by atoms with Crippen molar-refractivity contribution >= 4 is 5.82 Å². The van der Waals surface area contributed by atoms with Crippen molar-refractivity contribution in [3.05, 3.63) is 34.5 Å². The summed E-state index contributed by atoms with van der Waals surface area (Å²) in [5.74, 6) is 1.95. The molecule has 2 aromatic rings. The lowest BCUT2D eigenvalue weighted by molar-refractivity contribution is 0.467. The van der Waals surface area contributed by atoms with Crippen LogP contribution < -0.4 is 5.32 Å². The smallest absolute Gasteiger partial charge is 0.161 e. The quantitative estimate of drug-likeness (QED) is 0.897. The lowest BCUT2D eigenvalue weighted by atomic mass is 10.0. The maximum absolute atomic E-state index is 9.90. The van der Waals surface area contributed by atoms with E-state index in [9.17, 15) is 5.11 Å². The monoisotopic (exact) mass is 285 g/mol. The molecule has 2 rings (SSSR count). The van der Waals surface area contributed by atoms with E-state index in [0.717, 1.165) is 46.7 Å². The van der Waals surface area contributed by atoms with Crippen LogP contribution in [0.2, 0.25) is 0 Å². The van der Waals surface area contributed by atoms with Crippen LogP contribution in [-0.2, 0) is 6.42 Å². The Morgan fingerprint density at radius 2 is 1.67 bits per heavy atom. The molecule has 1 aromatic carbocycles. The molecule has 0 unspecified atom stereocenters. The van der Waals surface area contributed by atoms with Gasteiger partial charge in [0.2, 0.25) is 0 Å². The maximum Gasteiger partial charge on any atom is 0.161 e. The highest BCUT2D eigenvalue weighted by molar-refractivity contribution is 5.64. The van der Waals surface area contributed by atoms with Crippen LogP contribution in [0.5, 0.6) is 5.75 Å². The van der Waals surface area contributed by atoms with Crippen LogP contribution in [0.25, 0.3) is 11.4 Å². The summed E-state index contributed by atoms with van der Waals surface area (Å²) in [7, 11) is 0. The average Bonchev–Trinajstić information content (AvgIpc) is 2.44. The number of phenolic OH excluding ortho intramolecular Hbond substituents is 1. The normalized spacial score (nSPS) is 10.7. The number of hydrogen-bond donors (Lipinski definition) is 2. The van der Waals surface area contributed by atoms with Crippen molar-refractivity contribution in [3.8, 4) is 17.1 Å². The van der Waals surface area contributed by atoms with Gasteiger partial charge in [-0.15, -0.1) is 0 Å². The van der Waals surface area contributed by atoms with E-state index in [1.165, 1.54) is 0 Å². The maximum atomic E-state index is 9.90. The Balaban J connectivity index is 2.59. The van der Waals surface area contributed by atoms with Gasteiger partial charge >= 0.3 is 0 Å². The lowest BCUT2D eigenvalue weighted by Gasteiger charge is -2.14. The summed E-state index contributed by atoms with van der Waals surface area (Å²) in [6, 6.07) is 3.86. The van der Waals surface area contributed by atoms with Gasteiger partial charge in [-0.1, -0.05) is 6.92 Å². The van der Waals surface area contributed by atoms with Crippen molar-refractivity contribution in [1.82, 2.24) is 9.97 Å². The second-order valence-electron chi connectivity index (χ2n) is 5.30. The molecule has 0 radical (unpaired) electrons. The Hall–Kier alpha value is -2.10. The Morgan fingerprint density at radius 3 is 2.19 bits per heavy atom. The molecule has 0 bridgehead atoms. The topological polar surface area (TPSA) is 58.0 Å². The van der Waals surface area contributed by atoms with Crippen molar-refractivity contribution in [1.29, 1.82) is 0 Å². The third-order valence-electron chi connectivity index (χ3n) is 3.66. The second kappa shape index (κ2) is 6.12. The Morgan fingerprint density at radius 1 is 1.05 bits per heavy atom. The first-order valence-corrected chi connectivity index (χ1v) is 7.39. The standard InChI is InChI=1S/C17H23N3O/c1-6-14-12(5)19-16(20-17(14)18-7-2)13-8-10(3)15(21)11(4)9-13/h8-9,21H,6-7H2,1-5H3,(H,18,19,20). The minimum Gasteiger partial charge on any atom is -0.507 e. The summed E-state index contributed by atoms with van der Waals surface area (Å²) in [6.07, 6.45) is 0.905. The van der Waals surface area contributed by atoms with Crippen LogP contribution in [0, 0.1) is 20.8 Å². The second-order valence-corrected chi connectivity index (χ2v) is 5.30. The summed E-state index contributed by atoms with van der Waals surface area (Å²) in [4.78, 5) is 9.31. The molecular weight excluding hydrogens is 262 g/mol. The number of nitrogens with zero attached hydrogens (tertiary/aromatic N) is 2. The van der Waals surface area contributed by atoms with Crippen molar-refractivity contribution in [2.45, 2.75) is 41.0 Å². The molecule has 1 aromatic heterocycles. The molecule has 0 aliphatic rings. The molecule has 4 heteroatoms. The van der Waals surface area contributed by atoms with Crippen molar-refractivity contribution in [3.63, 3.8) is 0 Å². The highest BCUT2D eigenvalue weighted by Crippen LogP contribution is 2.29. The van der Waals surface area contributed by atoms with Crippen LogP contribution >= 0.6 is 0 Å². The SMILES string of the molecule is CCNc1nc(-c2cc(C)c(O)c(C)c2)nc(C)c1CC. The minimum atomic E-state index is 0.340. The summed E-state index contributed by atoms with van der Waals surface area (Å²) in [5.41, 5.74) is 4.79. The van der Waals surface area contributed by atoms with Gasteiger partial charge in [-0.05, 0) is 57.4 Å². The zero-order valence-electron chi connectivity index (χ0n) is 13.4. The number of rotatable bonds is 4. The molecule has 0 saturated heterocycles.